The molecule has 4 aliphatic rings. The van der Waals surface area contributed by atoms with Crippen LogP contribution in [0.5, 0.6) is 11.5 Å². The van der Waals surface area contributed by atoms with Crippen molar-refractivity contribution in [3.63, 3.8) is 0 Å². The molecular formula is C42H44F2N10O7S. The van der Waals surface area contributed by atoms with Crippen LogP contribution < -0.4 is 25.2 Å². The van der Waals surface area contributed by atoms with Crippen LogP contribution in [0.1, 0.15) is 68.5 Å². The number of urea groups is 1. The summed E-state index contributed by atoms with van der Waals surface area (Å²) in [6.07, 6.45) is 5.61. The summed E-state index contributed by atoms with van der Waals surface area (Å²) in [6, 6.07) is 11.2. The van der Waals surface area contributed by atoms with Crippen LogP contribution in [0.2, 0.25) is 0 Å². The molecule has 20 heteroatoms. The minimum atomic E-state index is -4.03. The van der Waals surface area contributed by atoms with E-state index in [-0.39, 0.29) is 71.1 Å². The molecule has 324 valence electrons. The molecule has 3 amide bonds. The van der Waals surface area contributed by atoms with Crippen LogP contribution in [0.15, 0.2) is 53.6 Å². The summed E-state index contributed by atoms with van der Waals surface area (Å²) in [5.74, 6) is -1.68. The maximum Gasteiger partial charge on any atom is 0.329 e. The SMILES string of the molecule is CCN(C)S(=O)(=O)Nc1ccc(F)c(Oc2ccc3ncn([C@H]4COC5(C4)CN(C4CCC(c6cc7c(cc6F)c(N6CCC(=O)NC6=O)nn7C)CC4)C5)c(=O)c3c2)c1C#N. The molecule has 0 radical (unpaired) electrons. The van der Waals surface area contributed by atoms with Gasteiger partial charge in [-0.1, -0.05) is 6.92 Å². The Labute approximate surface area is 355 Å². The molecule has 4 fully saturated rings. The number of imide groups is 1. The molecule has 0 bridgehead atoms. The Morgan fingerprint density at radius 1 is 1.05 bits per heavy atom. The van der Waals surface area contributed by atoms with Crippen molar-refractivity contribution < 1.29 is 36.3 Å². The Morgan fingerprint density at radius 2 is 1.82 bits per heavy atom. The van der Waals surface area contributed by atoms with Gasteiger partial charge in [0.25, 0.3) is 5.56 Å². The standard InChI is InChI=1S/C42H44F2N10O7S/c1-4-50(2)62(58,59)49-35-12-10-32(43)38(31(35)19-45)61-27-9-11-34-29(15-27)40(56)54(23-46-34)26-18-42(60-20-26)21-52(22-42)25-7-5-24(6-8-25)28-17-36-30(16-33(28)44)39(48-51(36)3)53-14-13-37(55)47-41(53)57/h9-12,15-17,23-26,49H,4-8,13-14,18,20-22H2,1-3H3,(H,47,55,57)/t24?,25?,26-/m1/s1. The molecule has 17 nitrogen and oxygen atoms in total. The predicted molar refractivity (Wildman–Crippen MR) is 223 cm³/mol. The number of amides is 3. The fourth-order valence-electron chi connectivity index (χ4n) is 9.27. The van der Waals surface area contributed by atoms with Crippen molar-refractivity contribution >= 4 is 55.5 Å². The van der Waals surface area contributed by atoms with E-state index in [4.69, 9.17) is 9.47 Å². The van der Waals surface area contributed by atoms with Gasteiger partial charge in [-0.3, -0.25) is 38.7 Å². The quantitative estimate of drug-likeness (QED) is 0.191. The van der Waals surface area contributed by atoms with Gasteiger partial charge in [0.2, 0.25) is 5.91 Å². The highest BCUT2D eigenvalue weighted by molar-refractivity contribution is 7.90. The van der Waals surface area contributed by atoms with Crippen molar-refractivity contribution in [2.75, 3.05) is 49.5 Å². The van der Waals surface area contributed by atoms with E-state index < -0.39 is 33.4 Å². The Balaban J connectivity index is 0.843. The minimum Gasteiger partial charge on any atom is -0.453 e. The van der Waals surface area contributed by atoms with Crippen molar-refractivity contribution in [2.45, 2.75) is 69.1 Å². The fraction of sp³-hybridized carbons (Fsp3) is 0.429. The highest BCUT2D eigenvalue weighted by Gasteiger charge is 2.52. The number of halogens is 2. The molecular weight excluding hydrogens is 827 g/mol. The lowest BCUT2D eigenvalue weighted by atomic mass is 9.78. The summed E-state index contributed by atoms with van der Waals surface area (Å²) in [5.41, 5.74) is 0.446. The number of hydrogen-bond acceptors (Lipinski definition) is 11. The molecule has 5 aromatic rings. The summed E-state index contributed by atoms with van der Waals surface area (Å²) < 4.78 is 74.9. The third kappa shape index (κ3) is 7.31. The average Bonchev–Trinajstić information content (AvgIpc) is 3.82. The van der Waals surface area contributed by atoms with Crippen molar-refractivity contribution in [3.8, 4) is 17.6 Å². The number of fused-ring (bicyclic) bond motifs is 2. The second-order valence-corrected chi connectivity index (χ2v) is 18.3. The van der Waals surface area contributed by atoms with Crippen LogP contribution in [0.3, 0.4) is 0 Å². The summed E-state index contributed by atoms with van der Waals surface area (Å²) in [6.45, 7) is 3.70. The number of carbonyl (C=O) groups is 2. The summed E-state index contributed by atoms with van der Waals surface area (Å²) >= 11 is 0. The van der Waals surface area contributed by atoms with Gasteiger partial charge in [-0.2, -0.15) is 23.1 Å². The third-order valence-corrected chi connectivity index (χ3v) is 14.3. The number of aryl methyl sites for hydroxylation is 1. The molecule has 62 heavy (non-hydrogen) atoms. The molecule has 1 spiro atoms. The van der Waals surface area contributed by atoms with Gasteiger partial charge in [-0.15, -0.1) is 0 Å². The molecule has 9 rings (SSSR count). The normalized spacial score (nSPS) is 21.7. The lowest BCUT2D eigenvalue weighted by Gasteiger charge is -2.52. The lowest BCUT2D eigenvalue weighted by molar-refractivity contribution is -0.130. The Morgan fingerprint density at radius 3 is 2.55 bits per heavy atom. The zero-order valence-electron chi connectivity index (χ0n) is 34.2. The first-order chi connectivity index (χ1) is 29.7. The number of hydrogen-bond donors (Lipinski definition) is 2. The summed E-state index contributed by atoms with van der Waals surface area (Å²) in [4.78, 5) is 46.4. The minimum absolute atomic E-state index is 0.0247. The number of likely N-dealkylation sites (tertiary alicyclic amines) is 1. The topological polar surface area (TPSA) is 197 Å². The maximum absolute atomic E-state index is 15.8. The number of nitrogens with one attached hydrogen (secondary N) is 2. The Bertz CT molecular complexity index is 2870. The number of carbonyl (C=O) groups excluding carboxylic acids is 2. The second kappa shape index (κ2) is 15.7. The van der Waals surface area contributed by atoms with Gasteiger partial charge in [0.1, 0.15) is 23.2 Å². The predicted octanol–water partition coefficient (Wildman–Crippen LogP) is 5.02. The number of rotatable bonds is 10. The van der Waals surface area contributed by atoms with E-state index in [9.17, 15) is 28.1 Å². The highest BCUT2D eigenvalue weighted by Crippen LogP contribution is 2.45. The number of nitriles is 1. The van der Waals surface area contributed by atoms with E-state index in [1.54, 1.807) is 29.3 Å². The van der Waals surface area contributed by atoms with Crippen molar-refractivity contribution in [3.05, 3.63) is 81.9 Å². The van der Waals surface area contributed by atoms with E-state index in [1.165, 1.54) is 36.5 Å². The zero-order chi connectivity index (χ0) is 43.7. The number of anilines is 2. The van der Waals surface area contributed by atoms with E-state index in [1.807, 2.05) is 12.1 Å². The smallest absolute Gasteiger partial charge is 0.329 e. The van der Waals surface area contributed by atoms with Crippen LogP contribution in [-0.4, -0.2) is 100 Å². The number of benzene rings is 3. The molecule has 1 aliphatic carbocycles. The molecule has 3 aromatic carbocycles. The van der Waals surface area contributed by atoms with Crippen molar-refractivity contribution in [2.24, 2.45) is 7.05 Å². The first kappa shape index (κ1) is 41.3. The highest BCUT2D eigenvalue weighted by atomic mass is 32.2. The van der Waals surface area contributed by atoms with Crippen LogP contribution in [0.25, 0.3) is 21.8 Å². The molecule has 1 saturated carbocycles. The van der Waals surface area contributed by atoms with Crippen molar-refractivity contribution in [1.82, 2.24) is 33.9 Å². The molecule has 2 N–H and O–H groups in total. The molecule has 2 aromatic heterocycles. The number of aromatic nitrogens is 4. The van der Waals surface area contributed by atoms with Gasteiger partial charge in [0, 0.05) is 64.5 Å². The van der Waals surface area contributed by atoms with Crippen molar-refractivity contribution in [1.29, 1.82) is 5.26 Å². The van der Waals surface area contributed by atoms with Crippen LogP contribution in [-0.2, 0) is 26.8 Å². The first-order valence-electron chi connectivity index (χ1n) is 20.5. The number of nitrogens with zero attached hydrogens (tertiary/aromatic N) is 8. The zero-order valence-corrected chi connectivity index (χ0v) is 35.0. The van der Waals surface area contributed by atoms with E-state index >= 15 is 8.78 Å². The molecule has 5 heterocycles. The summed E-state index contributed by atoms with van der Waals surface area (Å²) in [7, 11) is -0.907. The number of ether oxygens (including phenoxy) is 2. The molecule has 3 aliphatic heterocycles. The monoisotopic (exact) mass is 870 g/mol. The van der Waals surface area contributed by atoms with Crippen LogP contribution in [0, 0.1) is 23.0 Å². The maximum atomic E-state index is 15.8. The largest absolute Gasteiger partial charge is 0.453 e. The van der Waals surface area contributed by atoms with Crippen LogP contribution in [0.4, 0.5) is 25.1 Å². The molecule has 1 atom stereocenters. The Hall–Kier alpha value is -6.01. The molecule has 3 saturated heterocycles. The summed E-state index contributed by atoms with van der Waals surface area (Å²) in [5, 5.41) is 17.5. The van der Waals surface area contributed by atoms with Crippen LogP contribution >= 0.6 is 0 Å². The fourth-order valence-corrected chi connectivity index (χ4v) is 10.2. The first-order valence-corrected chi connectivity index (χ1v) is 21.9. The van der Waals surface area contributed by atoms with Gasteiger partial charge in [0.05, 0.1) is 46.7 Å². The third-order valence-electron chi connectivity index (χ3n) is 12.8. The van der Waals surface area contributed by atoms with E-state index in [0.29, 0.717) is 60.0 Å². The van der Waals surface area contributed by atoms with E-state index in [2.05, 4.69) is 25.0 Å². The molecule has 0 unspecified atom stereocenters. The van der Waals surface area contributed by atoms with Gasteiger partial charge >= 0.3 is 16.2 Å². The van der Waals surface area contributed by atoms with Gasteiger partial charge in [0.15, 0.2) is 17.4 Å². The average molecular weight is 871 g/mol. The van der Waals surface area contributed by atoms with Gasteiger partial charge < -0.3 is 9.47 Å². The van der Waals surface area contributed by atoms with E-state index in [0.717, 1.165) is 42.1 Å². The second-order valence-electron chi connectivity index (χ2n) is 16.5. The lowest BCUT2D eigenvalue weighted by Crippen LogP contribution is -2.64. The van der Waals surface area contributed by atoms with Gasteiger partial charge in [-0.05, 0) is 79.6 Å². The Kier molecular flexibility index (Phi) is 10.5. The van der Waals surface area contributed by atoms with Gasteiger partial charge in [-0.25, -0.2) is 18.6 Å².